The largest absolute Gasteiger partial charge is 0.397 e. The summed E-state index contributed by atoms with van der Waals surface area (Å²) in [5.74, 6) is 0.989. The third-order valence-electron chi connectivity index (χ3n) is 3.76. The summed E-state index contributed by atoms with van der Waals surface area (Å²) in [7, 11) is 0. The number of benzene rings is 1. The lowest BCUT2D eigenvalue weighted by Crippen LogP contribution is -2.46. The minimum atomic E-state index is 0.688. The molecule has 110 valence electrons. The first-order valence-corrected chi connectivity index (χ1v) is 7.94. The lowest BCUT2D eigenvalue weighted by molar-refractivity contribution is 0.249. The molecule has 2 heterocycles. The second kappa shape index (κ2) is 6.45. The van der Waals surface area contributed by atoms with Crippen molar-refractivity contribution in [1.82, 2.24) is 9.88 Å². The molecule has 1 fully saturated rings. The van der Waals surface area contributed by atoms with E-state index in [1.807, 2.05) is 6.07 Å². The molecule has 0 amide bonds. The topological polar surface area (TPSA) is 45.4 Å². The Morgan fingerprint density at radius 1 is 1.10 bits per heavy atom. The van der Waals surface area contributed by atoms with Gasteiger partial charge in [0, 0.05) is 32.7 Å². The molecule has 0 aliphatic carbocycles. The fraction of sp³-hybridized carbons (Fsp3) is 0.312. The van der Waals surface area contributed by atoms with Gasteiger partial charge in [-0.15, -0.1) is 0 Å². The van der Waals surface area contributed by atoms with E-state index in [2.05, 4.69) is 61.0 Å². The van der Waals surface area contributed by atoms with Crippen molar-refractivity contribution in [2.75, 3.05) is 36.8 Å². The van der Waals surface area contributed by atoms with Crippen molar-refractivity contribution in [3.8, 4) is 0 Å². The summed E-state index contributed by atoms with van der Waals surface area (Å²) in [6.45, 7) is 5.09. The summed E-state index contributed by atoms with van der Waals surface area (Å²) in [6, 6.07) is 12.5. The van der Waals surface area contributed by atoms with Crippen LogP contribution < -0.4 is 10.6 Å². The van der Waals surface area contributed by atoms with E-state index in [4.69, 9.17) is 5.73 Å². The average Bonchev–Trinajstić information content (AvgIpc) is 2.49. The molecule has 0 unspecified atom stereocenters. The van der Waals surface area contributed by atoms with Crippen LogP contribution in [-0.2, 0) is 6.54 Å². The maximum absolute atomic E-state index is 5.75. The van der Waals surface area contributed by atoms with Crippen molar-refractivity contribution in [3.05, 3.63) is 52.6 Å². The fourth-order valence-corrected chi connectivity index (χ4v) is 3.26. The third-order valence-corrected chi connectivity index (χ3v) is 4.35. The molecule has 0 radical (unpaired) electrons. The van der Waals surface area contributed by atoms with E-state index in [1.165, 1.54) is 5.56 Å². The summed E-state index contributed by atoms with van der Waals surface area (Å²) in [4.78, 5) is 9.24. The number of nitrogens with two attached hydrogens (primary N) is 1. The highest BCUT2D eigenvalue weighted by Gasteiger charge is 2.19. The first-order valence-electron chi connectivity index (χ1n) is 7.14. The van der Waals surface area contributed by atoms with Gasteiger partial charge in [0.1, 0.15) is 5.82 Å². The molecule has 1 aliphatic rings. The number of pyridine rings is 1. The van der Waals surface area contributed by atoms with Gasteiger partial charge in [0.15, 0.2) is 0 Å². The number of rotatable bonds is 3. The summed E-state index contributed by atoms with van der Waals surface area (Å²) in [6.07, 6.45) is 1.72. The van der Waals surface area contributed by atoms with Crippen LogP contribution in [0.25, 0.3) is 0 Å². The zero-order valence-corrected chi connectivity index (χ0v) is 13.5. The SMILES string of the molecule is Nc1cnc(N2CCN(Cc3ccccc3)CC2)c(Br)c1. The molecule has 2 aromatic rings. The van der Waals surface area contributed by atoms with Crippen molar-refractivity contribution < 1.29 is 0 Å². The van der Waals surface area contributed by atoms with Crippen molar-refractivity contribution in [3.63, 3.8) is 0 Å². The zero-order valence-electron chi connectivity index (χ0n) is 11.9. The Morgan fingerprint density at radius 3 is 2.48 bits per heavy atom. The summed E-state index contributed by atoms with van der Waals surface area (Å²) < 4.78 is 0.971. The van der Waals surface area contributed by atoms with Gasteiger partial charge in [0.2, 0.25) is 0 Å². The molecule has 0 bridgehead atoms. The van der Waals surface area contributed by atoms with Gasteiger partial charge in [-0.1, -0.05) is 30.3 Å². The van der Waals surface area contributed by atoms with E-state index in [0.717, 1.165) is 43.0 Å². The third kappa shape index (κ3) is 3.54. The molecule has 4 nitrogen and oxygen atoms in total. The second-order valence-electron chi connectivity index (χ2n) is 5.32. The lowest BCUT2D eigenvalue weighted by atomic mass is 10.2. The standard InChI is InChI=1S/C16H19BrN4/c17-15-10-14(18)11-19-16(15)21-8-6-20(7-9-21)12-13-4-2-1-3-5-13/h1-5,10-11H,6-9,12,18H2. The maximum Gasteiger partial charge on any atom is 0.143 e. The second-order valence-corrected chi connectivity index (χ2v) is 6.18. The fourth-order valence-electron chi connectivity index (χ4n) is 2.64. The van der Waals surface area contributed by atoms with Crippen molar-refractivity contribution in [1.29, 1.82) is 0 Å². The monoisotopic (exact) mass is 346 g/mol. The van der Waals surface area contributed by atoms with E-state index < -0.39 is 0 Å². The Labute approximate surface area is 133 Å². The number of hydrogen-bond donors (Lipinski definition) is 1. The highest BCUT2D eigenvalue weighted by Crippen LogP contribution is 2.26. The first kappa shape index (κ1) is 14.4. The zero-order chi connectivity index (χ0) is 14.7. The molecule has 1 aliphatic heterocycles. The summed E-state index contributed by atoms with van der Waals surface area (Å²) >= 11 is 3.55. The van der Waals surface area contributed by atoms with Gasteiger partial charge in [0.25, 0.3) is 0 Å². The predicted octanol–water partition coefficient (Wildman–Crippen LogP) is 2.75. The minimum Gasteiger partial charge on any atom is -0.397 e. The van der Waals surface area contributed by atoms with E-state index >= 15 is 0 Å². The van der Waals surface area contributed by atoms with E-state index in [9.17, 15) is 0 Å². The molecule has 2 N–H and O–H groups in total. The Morgan fingerprint density at radius 2 is 1.81 bits per heavy atom. The lowest BCUT2D eigenvalue weighted by Gasteiger charge is -2.35. The van der Waals surface area contributed by atoms with Crippen LogP contribution in [0.3, 0.4) is 0 Å². The number of nitrogen functional groups attached to an aromatic ring is 1. The molecule has 0 saturated carbocycles. The molecule has 1 aromatic carbocycles. The smallest absolute Gasteiger partial charge is 0.143 e. The minimum absolute atomic E-state index is 0.688. The van der Waals surface area contributed by atoms with Crippen LogP contribution >= 0.6 is 15.9 Å². The van der Waals surface area contributed by atoms with Gasteiger partial charge in [-0.2, -0.15) is 0 Å². The van der Waals surface area contributed by atoms with Crippen LogP contribution in [0.4, 0.5) is 11.5 Å². The van der Waals surface area contributed by atoms with Gasteiger partial charge in [-0.3, -0.25) is 4.90 Å². The Bertz CT molecular complexity index is 594. The van der Waals surface area contributed by atoms with Crippen molar-refractivity contribution >= 4 is 27.4 Å². The molecule has 1 saturated heterocycles. The van der Waals surface area contributed by atoms with Crippen LogP contribution in [-0.4, -0.2) is 36.1 Å². The van der Waals surface area contributed by atoms with Crippen molar-refractivity contribution in [2.24, 2.45) is 0 Å². The number of halogens is 1. The average molecular weight is 347 g/mol. The first-order chi connectivity index (χ1) is 10.2. The molecule has 5 heteroatoms. The Hall–Kier alpha value is -1.59. The molecule has 3 rings (SSSR count). The van der Waals surface area contributed by atoms with Crippen LogP contribution in [0, 0.1) is 0 Å². The van der Waals surface area contributed by atoms with Gasteiger partial charge >= 0.3 is 0 Å². The summed E-state index contributed by atoms with van der Waals surface area (Å²) in [5.41, 5.74) is 7.81. The summed E-state index contributed by atoms with van der Waals surface area (Å²) in [5, 5.41) is 0. The van der Waals surface area contributed by atoms with Crippen LogP contribution in [0.2, 0.25) is 0 Å². The van der Waals surface area contributed by atoms with E-state index in [-0.39, 0.29) is 0 Å². The van der Waals surface area contributed by atoms with Crippen LogP contribution in [0.5, 0.6) is 0 Å². The number of piperazine rings is 1. The maximum atomic E-state index is 5.75. The van der Waals surface area contributed by atoms with Gasteiger partial charge in [0.05, 0.1) is 16.4 Å². The number of anilines is 2. The van der Waals surface area contributed by atoms with Crippen molar-refractivity contribution in [2.45, 2.75) is 6.54 Å². The number of nitrogens with zero attached hydrogens (tertiary/aromatic N) is 3. The van der Waals surface area contributed by atoms with Gasteiger partial charge in [-0.05, 0) is 27.6 Å². The van der Waals surface area contributed by atoms with Gasteiger partial charge in [-0.25, -0.2) is 4.98 Å². The Kier molecular flexibility index (Phi) is 4.41. The highest BCUT2D eigenvalue weighted by molar-refractivity contribution is 9.10. The molecule has 21 heavy (non-hydrogen) atoms. The highest BCUT2D eigenvalue weighted by atomic mass is 79.9. The Balaban J connectivity index is 1.60. The molecule has 0 spiro atoms. The van der Waals surface area contributed by atoms with Gasteiger partial charge < -0.3 is 10.6 Å². The molecule has 0 atom stereocenters. The molecular weight excluding hydrogens is 328 g/mol. The number of hydrogen-bond acceptors (Lipinski definition) is 4. The van der Waals surface area contributed by atoms with Crippen LogP contribution in [0.15, 0.2) is 47.1 Å². The predicted molar refractivity (Wildman–Crippen MR) is 90.3 cm³/mol. The van der Waals surface area contributed by atoms with E-state index in [0.29, 0.717) is 5.69 Å². The molecular formula is C16H19BrN4. The number of aromatic nitrogens is 1. The van der Waals surface area contributed by atoms with E-state index in [1.54, 1.807) is 6.20 Å². The normalized spacial score (nSPS) is 16.1. The van der Waals surface area contributed by atoms with Crippen LogP contribution in [0.1, 0.15) is 5.56 Å². The quantitative estimate of drug-likeness (QED) is 0.928. The molecule has 1 aromatic heterocycles.